The summed E-state index contributed by atoms with van der Waals surface area (Å²) in [5.41, 5.74) is 5.15. The molecule has 0 aliphatic heterocycles. The van der Waals surface area contributed by atoms with Crippen LogP contribution in [0.25, 0.3) is 11.1 Å². The molecule has 0 fully saturated rings. The summed E-state index contributed by atoms with van der Waals surface area (Å²) in [6.07, 6.45) is 5.64. The van der Waals surface area contributed by atoms with E-state index in [9.17, 15) is 0 Å². The van der Waals surface area contributed by atoms with E-state index in [1.807, 2.05) is 18.7 Å². The monoisotopic (exact) mass is 305 g/mol. The van der Waals surface area contributed by atoms with Gasteiger partial charge >= 0.3 is 0 Å². The molecule has 0 aliphatic rings. The molecule has 0 unspecified atom stereocenters. The maximum Gasteiger partial charge on any atom is 0.0949 e. The third-order valence-corrected chi connectivity index (χ3v) is 4.36. The molecular weight excluding hydrogens is 282 g/mol. The van der Waals surface area contributed by atoms with E-state index in [1.54, 1.807) is 0 Å². The number of hydrogen-bond acceptors (Lipinski definition) is 2. The van der Waals surface area contributed by atoms with Crippen LogP contribution in [0, 0.1) is 0 Å². The first-order valence-electron chi connectivity index (χ1n) is 7.95. The summed E-state index contributed by atoms with van der Waals surface area (Å²) < 4.78 is 2.08. The number of aromatic nitrogens is 2. The van der Waals surface area contributed by atoms with E-state index in [4.69, 9.17) is 0 Å². The van der Waals surface area contributed by atoms with E-state index in [0.717, 1.165) is 6.54 Å². The van der Waals surface area contributed by atoms with Gasteiger partial charge in [0, 0.05) is 25.0 Å². The van der Waals surface area contributed by atoms with E-state index in [0.29, 0.717) is 6.04 Å². The van der Waals surface area contributed by atoms with Crippen molar-refractivity contribution in [3.63, 3.8) is 0 Å². The fourth-order valence-corrected chi connectivity index (χ4v) is 2.67. The molecule has 1 heterocycles. The Labute approximate surface area is 138 Å². The van der Waals surface area contributed by atoms with Gasteiger partial charge in [-0.05, 0) is 49.3 Å². The molecule has 0 amide bonds. The second-order valence-corrected chi connectivity index (χ2v) is 6.20. The van der Waals surface area contributed by atoms with Crippen LogP contribution in [-0.4, -0.2) is 28.5 Å². The standard InChI is InChI=1S/C20H23N3/c1-16(22(2)3)19-5-4-6-20(13-19)18-9-7-17(8-10-18)14-23-12-11-21-15-23/h4-13,15-16H,14H2,1-3H3/t16-/m1/s1. The van der Waals surface area contributed by atoms with Crippen molar-refractivity contribution in [2.45, 2.75) is 19.5 Å². The van der Waals surface area contributed by atoms with Gasteiger partial charge in [0.2, 0.25) is 0 Å². The lowest BCUT2D eigenvalue weighted by molar-refractivity contribution is 0.321. The van der Waals surface area contributed by atoms with Gasteiger partial charge in [-0.1, -0.05) is 42.5 Å². The van der Waals surface area contributed by atoms with Crippen molar-refractivity contribution < 1.29 is 0 Å². The van der Waals surface area contributed by atoms with Crippen LogP contribution < -0.4 is 0 Å². The Morgan fingerprint density at radius 2 is 1.83 bits per heavy atom. The quantitative estimate of drug-likeness (QED) is 0.703. The summed E-state index contributed by atoms with van der Waals surface area (Å²) in [7, 11) is 4.23. The molecule has 3 rings (SSSR count). The van der Waals surface area contributed by atoms with Crippen molar-refractivity contribution in [2.24, 2.45) is 0 Å². The molecule has 0 N–H and O–H groups in total. The third-order valence-electron chi connectivity index (χ3n) is 4.36. The van der Waals surface area contributed by atoms with Gasteiger partial charge in [0.05, 0.1) is 6.33 Å². The molecule has 0 saturated heterocycles. The van der Waals surface area contributed by atoms with E-state index >= 15 is 0 Å². The van der Waals surface area contributed by atoms with Gasteiger partial charge in [0.25, 0.3) is 0 Å². The molecule has 3 aromatic rings. The highest BCUT2D eigenvalue weighted by Gasteiger charge is 2.08. The molecule has 2 aromatic carbocycles. The predicted molar refractivity (Wildman–Crippen MR) is 95.3 cm³/mol. The number of nitrogens with zero attached hydrogens (tertiary/aromatic N) is 3. The molecule has 0 radical (unpaired) electrons. The van der Waals surface area contributed by atoms with Crippen LogP contribution >= 0.6 is 0 Å². The van der Waals surface area contributed by atoms with Gasteiger partial charge in [-0.2, -0.15) is 0 Å². The van der Waals surface area contributed by atoms with Gasteiger partial charge in [0.15, 0.2) is 0 Å². The highest BCUT2D eigenvalue weighted by molar-refractivity contribution is 5.64. The van der Waals surface area contributed by atoms with Crippen molar-refractivity contribution in [3.8, 4) is 11.1 Å². The highest BCUT2D eigenvalue weighted by atomic mass is 15.1. The maximum absolute atomic E-state index is 4.08. The number of hydrogen-bond donors (Lipinski definition) is 0. The fourth-order valence-electron chi connectivity index (χ4n) is 2.67. The van der Waals surface area contributed by atoms with Crippen LogP contribution in [0.15, 0.2) is 67.3 Å². The molecule has 0 spiro atoms. The highest BCUT2D eigenvalue weighted by Crippen LogP contribution is 2.25. The Morgan fingerprint density at radius 1 is 1.04 bits per heavy atom. The Hall–Kier alpha value is -2.39. The molecular formula is C20H23N3. The number of rotatable bonds is 5. The summed E-state index contributed by atoms with van der Waals surface area (Å²) in [4.78, 5) is 6.31. The molecule has 1 atom stereocenters. The van der Waals surface area contributed by atoms with Crippen LogP contribution in [-0.2, 0) is 6.54 Å². The minimum absolute atomic E-state index is 0.412. The van der Waals surface area contributed by atoms with E-state index in [-0.39, 0.29) is 0 Å². The van der Waals surface area contributed by atoms with Crippen molar-refractivity contribution >= 4 is 0 Å². The van der Waals surface area contributed by atoms with E-state index in [2.05, 4.69) is 84.0 Å². The van der Waals surface area contributed by atoms with Crippen LogP contribution in [0.4, 0.5) is 0 Å². The molecule has 118 valence electrons. The molecule has 3 heteroatoms. The van der Waals surface area contributed by atoms with Gasteiger partial charge in [-0.25, -0.2) is 4.98 Å². The summed E-state index contributed by atoms with van der Waals surface area (Å²) in [6.45, 7) is 3.09. The normalized spacial score (nSPS) is 12.5. The molecule has 23 heavy (non-hydrogen) atoms. The largest absolute Gasteiger partial charge is 0.333 e. The minimum atomic E-state index is 0.412. The lowest BCUT2D eigenvalue weighted by Crippen LogP contribution is -2.16. The smallest absolute Gasteiger partial charge is 0.0949 e. The second-order valence-electron chi connectivity index (χ2n) is 6.20. The van der Waals surface area contributed by atoms with Crippen LogP contribution in [0.5, 0.6) is 0 Å². The van der Waals surface area contributed by atoms with Gasteiger partial charge in [-0.3, -0.25) is 0 Å². The Balaban J connectivity index is 1.80. The van der Waals surface area contributed by atoms with E-state index < -0.39 is 0 Å². The van der Waals surface area contributed by atoms with Crippen molar-refractivity contribution in [3.05, 3.63) is 78.4 Å². The van der Waals surface area contributed by atoms with Gasteiger partial charge in [0.1, 0.15) is 0 Å². The van der Waals surface area contributed by atoms with Gasteiger partial charge in [-0.15, -0.1) is 0 Å². The van der Waals surface area contributed by atoms with Crippen LogP contribution in [0.3, 0.4) is 0 Å². The fraction of sp³-hybridized carbons (Fsp3) is 0.250. The molecule has 0 aliphatic carbocycles. The zero-order chi connectivity index (χ0) is 16.2. The van der Waals surface area contributed by atoms with Crippen LogP contribution in [0.2, 0.25) is 0 Å². The van der Waals surface area contributed by atoms with Gasteiger partial charge < -0.3 is 9.47 Å². The lowest BCUT2D eigenvalue weighted by atomic mass is 9.99. The average Bonchev–Trinajstić information content (AvgIpc) is 3.08. The Bertz CT molecular complexity index is 743. The molecule has 3 nitrogen and oxygen atoms in total. The van der Waals surface area contributed by atoms with Crippen molar-refractivity contribution in [1.29, 1.82) is 0 Å². The first kappa shape index (κ1) is 15.5. The van der Waals surface area contributed by atoms with Crippen molar-refractivity contribution in [1.82, 2.24) is 14.5 Å². The summed E-state index contributed by atoms with van der Waals surface area (Å²) in [6, 6.07) is 18.0. The topological polar surface area (TPSA) is 21.1 Å². The zero-order valence-corrected chi connectivity index (χ0v) is 14.0. The molecule has 0 bridgehead atoms. The number of benzene rings is 2. The predicted octanol–water partition coefficient (Wildman–Crippen LogP) is 4.22. The maximum atomic E-state index is 4.08. The zero-order valence-electron chi connectivity index (χ0n) is 14.0. The van der Waals surface area contributed by atoms with E-state index in [1.165, 1.54) is 22.3 Å². The first-order valence-corrected chi connectivity index (χ1v) is 7.95. The average molecular weight is 305 g/mol. The second kappa shape index (κ2) is 6.80. The molecule has 0 saturated carbocycles. The molecule has 1 aromatic heterocycles. The Kier molecular flexibility index (Phi) is 4.58. The first-order chi connectivity index (χ1) is 11.1. The van der Waals surface area contributed by atoms with Crippen LogP contribution in [0.1, 0.15) is 24.1 Å². The lowest BCUT2D eigenvalue weighted by Gasteiger charge is -2.20. The summed E-state index contributed by atoms with van der Waals surface area (Å²) in [5, 5.41) is 0. The Morgan fingerprint density at radius 3 is 2.48 bits per heavy atom. The van der Waals surface area contributed by atoms with Crippen molar-refractivity contribution in [2.75, 3.05) is 14.1 Å². The summed E-state index contributed by atoms with van der Waals surface area (Å²) >= 11 is 0. The SMILES string of the molecule is C[C@H](c1cccc(-c2ccc(Cn3ccnc3)cc2)c1)N(C)C. The number of imidazole rings is 1. The summed E-state index contributed by atoms with van der Waals surface area (Å²) in [5.74, 6) is 0. The third kappa shape index (κ3) is 3.69. The minimum Gasteiger partial charge on any atom is -0.333 e.